The molecule has 0 aromatic heterocycles. The van der Waals surface area contributed by atoms with Crippen molar-refractivity contribution >= 4 is 0 Å². The van der Waals surface area contributed by atoms with Crippen molar-refractivity contribution in [3.63, 3.8) is 0 Å². The maximum absolute atomic E-state index is 3.73. The van der Waals surface area contributed by atoms with Crippen LogP contribution in [0, 0.1) is 5.92 Å². The molecule has 0 amide bonds. The molecular weight excluding hydrogens is 232 g/mol. The second kappa shape index (κ2) is 8.97. The van der Waals surface area contributed by atoms with Crippen molar-refractivity contribution < 1.29 is 0 Å². The molecule has 1 fully saturated rings. The molecule has 1 N–H and O–H groups in total. The molecule has 1 rings (SSSR count). The Hall–Kier alpha value is -0.0800. The van der Waals surface area contributed by atoms with E-state index in [0.29, 0.717) is 5.54 Å². The molecule has 2 nitrogen and oxygen atoms in total. The van der Waals surface area contributed by atoms with Gasteiger partial charge in [0.25, 0.3) is 0 Å². The van der Waals surface area contributed by atoms with E-state index in [1.54, 1.807) is 0 Å². The first kappa shape index (κ1) is 17.0. The largest absolute Gasteiger partial charge is 0.315 e. The van der Waals surface area contributed by atoms with E-state index in [1.165, 1.54) is 70.9 Å². The Labute approximate surface area is 121 Å². The summed E-state index contributed by atoms with van der Waals surface area (Å²) in [5.41, 5.74) is 0.418. The third kappa shape index (κ3) is 5.83. The molecule has 114 valence electrons. The summed E-state index contributed by atoms with van der Waals surface area (Å²) >= 11 is 0. The molecule has 0 aromatic rings. The Morgan fingerprint density at radius 1 is 1.16 bits per heavy atom. The first-order chi connectivity index (χ1) is 9.10. The van der Waals surface area contributed by atoms with Crippen LogP contribution in [0.2, 0.25) is 0 Å². The lowest BCUT2D eigenvalue weighted by Gasteiger charge is -2.45. The Bertz CT molecular complexity index is 227. The highest BCUT2D eigenvalue weighted by Crippen LogP contribution is 2.35. The van der Waals surface area contributed by atoms with Crippen LogP contribution in [-0.4, -0.2) is 37.6 Å². The Morgan fingerprint density at radius 2 is 1.89 bits per heavy atom. The number of hydrogen-bond acceptors (Lipinski definition) is 2. The Kier molecular flexibility index (Phi) is 8.01. The van der Waals surface area contributed by atoms with Gasteiger partial charge < -0.3 is 10.2 Å². The van der Waals surface area contributed by atoms with Gasteiger partial charge in [-0.05, 0) is 45.8 Å². The van der Waals surface area contributed by atoms with Gasteiger partial charge in [0.1, 0.15) is 0 Å². The lowest BCUT2D eigenvalue weighted by Crippen LogP contribution is -2.54. The monoisotopic (exact) mass is 268 g/mol. The zero-order chi connectivity index (χ0) is 14.1. The molecule has 2 unspecified atom stereocenters. The first-order valence-corrected chi connectivity index (χ1v) is 8.49. The normalized spacial score (nSPS) is 27.9. The minimum atomic E-state index is 0.418. The SMILES string of the molecule is CCCCCCCNCC1(N(C)C)CCCC(C)C1. The van der Waals surface area contributed by atoms with Crippen LogP contribution in [0.3, 0.4) is 0 Å². The molecule has 0 saturated heterocycles. The van der Waals surface area contributed by atoms with Gasteiger partial charge in [0.2, 0.25) is 0 Å². The van der Waals surface area contributed by atoms with E-state index in [0.717, 1.165) is 5.92 Å². The van der Waals surface area contributed by atoms with Crippen LogP contribution in [0.4, 0.5) is 0 Å². The van der Waals surface area contributed by atoms with Gasteiger partial charge in [0.05, 0.1) is 0 Å². The Morgan fingerprint density at radius 3 is 2.53 bits per heavy atom. The second-order valence-electron chi connectivity index (χ2n) is 6.91. The van der Waals surface area contributed by atoms with E-state index < -0.39 is 0 Å². The standard InChI is InChI=1S/C17H36N2/c1-5-6-7-8-9-13-18-15-17(19(3)4)12-10-11-16(2)14-17/h16,18H,5-15H2,1-4H3. The zero-order valence-electron chi connectivity index (χ0n) is 13.8. The maximum Gasteiger partial charge on any atom is 0.0330 e. The highest BCUT2D eigenvalue weighted by atomic mass is 15.2. The highest BCUT2D eigenvalue weighted by molar-refractivity contribution is 4.94. The summed E-state index contributed by atoms with van der Waals surface area (Å²) in [6.45, 7) is 7.08. The van der Waals surface area contributed by atoms with Crippen molar-refractivity contribution in [3.05, 3.63) is 0 Å². The maximum atomic E-state index is 3.73. The van der Waals surface area contributed by atoms with Gasteiger partial charge in [-0.25, -0.2) is 0 Å². The van der Waals surface area contributed by atoms with Crippen molar-refractivity contribution in [2.45, 2.75) is 77.2 Å². The summed E-state index contributed by atoms with van der Waals surface area (Å²) < 4.78 is 0. The summed E-state index contributed by atoms with van der Waals surface area (Å²) in [7, 11) is 4.53. The van der Waals surface area contributed by atoms with Gasteiger partial charge in [-0.1, -0.05) is 52.4 Å². The quantitative estimate of drug-likeness (QED) is 0.635. The summed E-state index contributed by atoms with van der Waals surface area (Å²) in [6, 6.07) is 0. The van der Waals surface area contributed by atoms with Crippen LogP contribution in [0.25, 0.3) is 0 Å². The minimum Gasteiger partial charge on any atom is -0.315 e. The number of hydrogen-bond donors (Lipinski definition) is 1. The van der Waals surface area contributed by atoms with Crippen molar-refractivity contribution in [1.82, 2.24) is 10.2 Å². The van der Waals surface area contributed by atoms with Crippen molar-refractivity contribution in [1.29, 1.82) is 0 Å². The lowest BCUT2D eigenvalue weighted by atomic mass is 9.75. The number of nitrogens with zero attached hydrogens (tertiary/aromatic N) is 1. The molecule has 1 aliphatic rings. The van der Waals surface area contributed by atoms with E-state index in [1.807, 2.05) is 0 Å². The summed E-state index contributed by atoms with van der Waals surface area (Å²) in [4.78, 5) is 2.48. The van der Waals surface area contributed by atoms with Crippen LogP contribution < -0.4 is 5.32 Å². The molecule has 0 spiro atoms. The molecule has 2 heteroatoms. The molecule has 0 heterocycles. The third-order valence-corrected chi connectivity index (χ3v) is 4.93. The molecule has 1 aliphatic carbocycles. The molecule has 1 saturated carbocycles. The molecule has 0 aromatic carbocycles. The highest BCUT2D eigenvalue weighted by Gasteiger charge is 2.36. The fourth-order valence-electron chi connectivity index (χ4n) is 3.53. The van der Waals surface area contributed by atoms with Gasteiger partial charge in [-0.15, -0.1) is 0 Å². The van der Waals surface area contributed by atoms with Crippen LogP contribution in [0.15, 0.2) is 0 Å². The number of unbranched alkanes of at least 4 members (excludes halogenated alkanes) is 4. The average Bonchev–Trinajstić information content (AvgIpc) is 2.37. The first-order valence-electron chi connectivity index (χ1n) is 8.49. The number of nitrogens with one attached hydrogen (secondary N) is 1. The van der Waals surface area contributed by atoms with Crippen molar-refractivity contribution in [2.75, 3.05) is 27.2 Å². The van der Waals surface area contributed by atoms with Gasteiger partial charge in [0.15, 0.2) is 0 Å². The summed E-state index contributed by atoms with van der Waals surface area (Å²) in [5.74, 6) is 0.891. The van der Waals surface area contributed by atoms with E-state index in [4.69, 9.17) is 0 Å². The number of rotatable bonds is 9. The van der Waals surface area contributed by atoms with Crippen LogP contribution >= 0.6 is 0 Å². The summed E-state index contributed by atoms with van der Waals surface area (Å²) in [6.07, 6.45) is 12.5. The Balaban J connectivity index is 2.23. The van der Waals surface area contributed by atoms with Gasteiger partial charge in [-0.3, -0.25) is 0 Å². The molecule has 0 radical (unpaired) electrons. The predicted octanol–water partition coefficient (Wildman–Crippen LogP) is 4.06. The van der Waals surface area contributed by atoms with E-state index >= 15 is 0 Å². The van der Waals surface area contributed by atoms with Crippen molar-refractivity contribution in [3.8, 4) is 0 Å². The van der Waals surface area contributed by atoms with Gasteiger partial charge >= 0.3 is 0 Å². The predicted molar refractivity (Wildman–Crippen MR) is 85.7 cm³/mol. The minimum absolute atomic E-state index is 0.418. The zero-order valence-corrected chi connectivity index (χ0v) is 13.8. The van der Waals surface area contributed by atoms with E-state index in [2.05, 4.69) is 38.2 Å². The van der Waals surface area contributed by atoms with Gasteiger partial charge in [0, 0.05) is 12.1 Å². The van der Waals surface area contributed by atoms with Crippen LogP contribution in [-0.2, 0) is 0 Å². The van der Waals surface area contributed by atoms with Crippen LogP contribution in [0.5, 0.6) is 0 Å². The smallest absolute Gasteiger partial charge is 0.0330 e. The molecule has 0 bridgehead atoms. The van der Waals surface area contributed by atoms with E-state index in [9.17, 15) is 0 Å². The van der Waals surface area contributed by atoms with Crippen molar-refractivity contribution in [2.24, 2.45) is 5.92 Å². The fourth-order valence-corrected chi connectivity index (χ4v) is 3.53. The summed E-state index contributed by atoms with van der Waals surface area (Å²) in [5, 5.41) is 3.73. The van der Waals surface area contributed by atoms with Crippen LogP contribution in [0.1, 0.15) is 71.6 Å². The molecule has 0 aliphatic heterocycles. The topological polar surface area (TPSA) is 15.3 Å². The second-order valence-corrected chi connectivity index (χ2v) is 6.91. The third-order valence-electron chi connectivity index (χ3n) is 4.93. The lowest BCUT2D eigenvalue weighted by molar-refractivity contribution is 0.0753. The van der Waals surface area contributed by atoms with E-state index in [-0.39, 0.29) is 0 Å². The van der Waals surface area contributed by atoms with Gasteiger partial charge in [-0.2, -0.15) is 0 Å². The molecular formula is C17H36N2. The molecule has 2 atom stereocenters. The average molecular weight is 268 g/mol. The fraction of sp³-hybridized carbons (Fsp3) is 1.00. The molecule has 19 heavy (non-hydrogen) atoms. The number of likely N-dealkylation sites (N-methyl/N-ethyl adjacent to an activating group) is 1.